The Morgan fingerprint density at radius 2 is 1.94 bits per heavy atom. The van der Waals surface area contributed by atoms with Gasteiger partial charge in [-0.2, -0.15) is 0 Å². The number of carbonyl (C=O) groups is 2. The Morgan fingerprint density at radius 1 is 1.24 bits per heavy atom. The van der Waals surface area contributed by atoms with Gasteiger partial charge in [0.2, 0.25) is 0 Å². The fraction of sp³-hybridized carbons (Fsp3) is 0.167. The molecule has 0 fully saturated rings. The van der Waals surface area contributed by atoms with Crippen LogP contribution in [0.2, 0.25) is 0 Å². The molecule has 0 amide bonds. The Kier molecular flexibility index (Phi) is 4.39. The van der Waals surface area contributed by atoms with Crippen molar-refractivity contribution in [2.75, 3.05) is 0 Å². The summed E-state index contributed by atoms with van der Waals surface area (Å²) in [6.45, 7) is 0. The first-order chi connectivity index (χ1) is 7.99. The summed E-state index contributed by atoms with van der Waals surface area (Å²) in [5.41, 5.74) is 0.828. The van der Waals surface area contributed by atoms with Crippen LogP contribution in [0, 0.1) is 5.82 Å². The van der Waals surface area contributed by atoms with Crippen molar-refractivity contribution in [3.05, 3.63) is 41.2 Å². The Morgan fingerprint density at radius 3 is 2.53 bits per heavy atom. The molecule has 0 heterocycles. The van der Waals surface area contributed by atoms with Crippen molar-refractivity contribution < 1.29 is 24.2 Å². The van der Waals surface area contributed by atoms with Gasteiger partial charge in [-0.05, 0) is 23.3 Å². The van der Waals surface area contributed by atoms with Crippen molar-refractivity contribution in [2.24, 2.45) is 0 Å². The number of hydrogen-bond donors (Lipinski definition) is 2. The first kappa shape index (κ1) is 12.9. The minimum absolute atomic E-state index is 0.163. The molecule has 1 aromatic rings. The van der Waals surface area contributed by atoms with Crippen molar-refractivity contribution in [2.45, 2.75) is 12.8 Å². The molecule has 0 saturated carbocycles. The third kappa shape index (κ3) is 4.46. The normalized spacial score (nSPS) is 10.6. The molecule has 0 spiro atoms. The van der Waals surface area contributed by atoms with Crippen molar-refractivity contribution in [1.82, 2.24) is 0 Å². The summed E-state index contributed by atoms with van der Waals surface area (Å²) in [5.74, 6) is -2.57. The van der Waals surface area contributed by atoms with Gasteiger partial charge in [0, 0.05) is 0 Å². The lowest BCUT2D eigenvalue weighted by Crippen LogP contribution is -2.02. The lowest BCUT2D eigenvalue weighted by atomic mass is 10.0. The Hall–Kier alpha value is -2.17. The van der Waals surface area contributed by atoms with E-state index in [9.17, 15) is 14.0 Å². The van der Waals surface area contributed by atoms with Gasteiger partial charge < -0.3 is 10.2 Å². The molecule has 0 aliphatic carbocycles. The molecular formula is C12H11FO4. The van der Waals surface area contributed by atoms with E-state index in [2.05, 4.69) is 0 Å². The average Bonchev–Trinajstić information content (AvgIpc) is 2.20. The number of rotatable bonds is 5. The highest BCUT2D eigenvalue weighted by atomic mass is 19.1. The molecule has 0 unspecified atom stereocenters. The summed E-state index contributed by atoms with van der Waals surface area (Å²) in [5, 5.41) is 17.1. The van der Waals surface area contributed by atoms with E-state index in [1.54, 1.807) is 0 Å². The molecule has 4 nitrogen and oxygen atoms in total. The lowest BCUT2D eigenvalue weighted by molar-refractivity contribution is -0.137. The molecule has 5 heteroatoms. The molecule has 1 rings (SSSR count). The molecule has 0 aliphatic rings. The van der Waals surface area contributed by atoms with Crippen LogP contribution in [0.1, 0.15) is 17.5 Å². The van der Waals surface area contributed by atoms with Crippen LogP contribution >= 0.6 is 0 Å². The largest absolute Gasteiger partial charge is 0.481 e. The highest BCUT2D eigenvalue weighted by Crippen LogP contribution is 2.14. The fourth-order valence-electron chi connectivity index (χ4n) is 1.34. The summed E-state index contributed by atoms with van der Waals surface area (Å²) in [7, 11) is 0. The second kappa shape index (κ2) is 5.79. The van der Waals surface area contributed by atoms with E-state index < -0.39 is 17.8 Å². The molecule has 0 saturated heterocycles. The number of benzene rings is 1. The third-order valence-corrected chi connectivity index (χ3v) is 2.04. The molecule has 90 valence electrons. The molecule has 2 N–H and O–H groups in total. The minimum Gasteiger partial charge on any atom is -0.481 e. The summed E-state index contributed by atoms with van der Waals surface area (Å²) in [6.07, 6.45) is 2.40. The lowest BCUT2D eigenvalue weighted by Gasteiger charge is -2.03. The van der Waals surface area contributed by atoms with Crippen molar-refractivity contribution in [1.29, 1.82) is 0 Å². The SMILES string of the molecule is O=C(O)CC=Cc1ccc(F)cc1CC(=O)O. The number of hydrogen-bond acceptors (Lipinski definition) is 2. The quantitative estimate of drug-likeness (QED) is 0.822. The molecule has 0 atom stereocenters. The summed E-state index contributed by atoms with van der Waals surface area (Å²) in [4.78, 5) is 20.9. The molecule has 0 aromatic heterocycles. The van der Waals surface area contributed by atoms with E-state index in [1.165, 1.54) is 24.3 Å². The van der Waals surface area contributed by atoms with Gasteiger partial charge >= 0.3 is 11.9 Å². The van der Waals surface area contributed by atoms with Crippen LogP contribution in [-0.4, -0.2) is 22.2 Å². The zero-order chi connectivity index (χ0) is 12.8. The van der Waals surface area contributed by atoms with E-state index in [0.717, 1.165) is 6.07 Å². The Balaban J connectivity index is 2.93. The van der Waals surface area contributed by atoms with Crippen LogP contribution in [0.3, 0.4) is 0 Å². The summed E-state index contributed by atoms with van der Waals surface area (Å²) >= 11 is 0. The van der Waals surface area contributed by atoms with Gasteiger partial charge in [0.25, 0.3) is 0 Å². The summed E-state index contributed by atoms with van der Waals surface area (Å²) < 4.78 is 12.9. The van der Waals surface area contributed by atoms with Crippen LogP contribution in [0.4, 0.5) is 4.39 Å². The monoisotopic (exact) mass is 238 g/mol. The molecule has 1 aromatic carbocycles. The Bertz CT molecular complexity index is 466. The number of carboxylic acid groups (broad SMARTS) is 2. The van der Waals surface area contributed by atoms with E-state index >= 15 is 0 Å². The van der Waals surface area contributed by atoms with Crippen LogP contribution in [-0.2, 0) is 16.0 Å². The van der Waals surface area contributed by atoms with Gasteiger partial charge in [0.1, 0.15) is 5.82 Å². The smallest absolute Gasteiger partial charge is 0.307 e. The second-order valence-electron chi connectivity index (χ2n) is 3.41. The summed E-state index contributed by atoms with van der Waals surface area (Å²) in [6, 6.07) is 3.76. The first-order valence-corrected chi connectivity index (χ1v) is 4.87. The van der Waals surface area contributed by atoms with Gasteiger partial charge in [-0.15, -0.1) is 0 Å². The maximum Gasteiger partial charge on any atom is 0.307 e. The number of carboxylic acids is 2. The molecule has 0 aliphatic heterocycles. The standard InChI is InChI=1S/C12H11FO4/c13-10-5-4-8(2-1-3-11(14)15)9(6-10)7-12(16)17/h1-2,4-6H,3,7H2,(H,14,15)(H,16,17). The maximum atomic E-state index is 12.9. The van der Waals surface area contributed by atoms with Crippen LogP contribution < -0.4 is 0 Å². The first-order valence-electron chi connectivity index (χ1n) is 4.87. The zero-order valence-corrected chi connectivity index (χ0v) is 8.89. The van der Waals surface area contributed by atoms with E-state index in [1.807, 2.05) is 0 Å². The minimum atomic E-state index is -1.07. The maximum absolute atomic E-state index is 12.9. The van der Waals surface area contributed by atoms with Crippen molar-refractivity contribution in [3.8, 4) is 0 Å². The van der Waals surface area contributed by atoms with E-state index in [0.29, 0.717) is 11.1 Å². The van der Waals surface area contributed by atoms with Crippen LogP contribution in [0.5, 0.6) is 0 Å². The predicted octanol–water partition coefficient (Wildman–Crippen LogP) is 1.94. The van der Waals surface area contributed by atoms with Gasteiger partial charge in [-0.25, -0.2) is 4.39 Å². The van der Waals surface area contributed by atoms with Crippen LogP contribution in [0.15, 0.2) is 24.3 Å². The Labute approximate surface area is 97.0 Å². The average molecular weight is 238 g/mol. The highest BCUT2D eigenvalue weighted by Gasteiger charge is 2.06. The molecular weight excluding hydrogens is 227 g/mol. The fourth-order valence-corrected chi connectivity index (χ4v) is 1.34. The van der Waals surface area contributed by atoms with E-state index in [4.69, 9.17) is 10.2 Å². The highest BCUT2D eigenvalue weighted by molar-refractivity contribution is 5.74. The van der Waals surface area contributed by atoms with Gasteiger partial charge in [-0.1, -0.05) is 18.2 Å². The van der Waals surface area contributed by atoms with Crippen LogP contribution in [0.25, 0.3) is 6.08 Å². The number of halogens is 1. The predicted molar refractivity (Wildman–Crippen MR) is 59.0 cm³/mol. The third-order valence-electron chi connectivity index (χ3n) is 2.04. The van der Waals surface area contributed by atoms with E-state index in [-0.39, 0.29) is 12.8 Å². The zero-order valence-electron chi connectivity index (χ0n) is 8.89. The molecule has 0 radical (unpaired) electrons. The van der Waals surface area contributed by atoms with Crippen molar-refractivity contribution in [3.63, 3.8) is 0 Å². The molecule has 17 heavy (non-hydrogen) atoms. The van der Waals surface area contributed by atoms with Crippen molar-refractivity contribution >= 4 is 18.0 Å². The van der Waals surface area contributed by atoms with Gasteiger partial charge in [0.05, 0.1) is 12.8 Å². The molecule has 0 bridgehead atoms. The van der Waals surface area contributed by atoms with Gasteiger partial charge in [-0.3, -0.25) is 9.59 Å². The second-order valence-corrected chi connectivity index (χ2v) is 3.41. The topological polar surface area (TPSA) is 74.6 Å². The van der Waals surface area contributed by atoms with Gasteiger partial charge in [0.15, 0.2) is 0 Å². The number of aliphatic carboxylic acids is 2.